The summed E-state index contributed by atoms with van der Waals surface area (Å²) in [7, 11) is 0. The molecule has 0 saturated carbocycles. The average Bonchev–Trinajstić information content (AvgIpc) is 2.53. The third kappa shape index (κ3) is 4.65. The van der Waals surface area contributed by atoms with Gasteiger partial charge in [-0.3, -0.25) is 4.79 Å². The molecular formula is C20H27N2O+. The second-order valence-corrected chi connectivity index (χ2v) is 6.16. The number of nitrogens with one attached hydrogen (secondary N) is 1. The van der Waals surface area contributed by atoms with E-state index in [1.54, 1.807) is 0 Å². The van der Waals surface area contributed by atoms with Crippen LogP contribution in [0.15, 0.2) is 42.7 Å². The summed E-state index contributed by atoms with van der Waals surface area (Å²) in [5, 5.41) is 2.96. The van der Waals surface area contributed by atoms with Crippen molar-refractivity contribution in [3.8, 4) is 0 Å². The number of benzene rings is 1. The molecule has 0 bridgehead atoms. The highest BCUT2D eigenvalue weighted by Gasteiger charge is 2.12. The summed E-state index contributed by atoms with van der Waals surface area (Å²) in [6.45, 7) is 8.88. The van der Waals surface area contributed by atoms with Crippen LogP contribution in [0.1, 0.15) is 49.3 Å². The molecule has 122 valence electrons. The third-order valence-electron chi connectivity index (χ3n) is 4.49. The molecule has 0 fully saturated rings. The molecule has 1 aromatic heterocycles. The highest BCUT2D eigenvalue weighted by molar-refractivity contribution is 5.89. The summed E-state index contributed by atoms with van der Waals surface area (Å²) in [4.78, 5) is 12.2. The summed E-state index contributed by atoms with van der Waals surface area (Å²) in [6, 6.07) is 10.2. The van der Waals surface area contributed by atoms with Gasteiger partial charge in [0.2, 0.25) is 6.54 Å². The molecule has 3 heteroatoms. The Kier molecular flexibility index (Phi) is 5.91. The number of amides is 1. The molecule has 0 aliphatic rings. The molecule has 1 heterocycles. The largest absolute Gasteiger partial charge is 0.321 e. The number of pyridine rings is 1. The van der Waals surface area contributed by atoms with Crippen LogP contribution in [0, 0.1) is 13.8 Å². The molecule has 2 aromatic rings. The monoisotopic (exact) mass is 311 g/mol. The molecule has 0 unspecified atom stereocenters. The fraction of sp³-hybridized carbons (Fsp3) is 0.400. The Hall–Kier alpha value is -2.16. The van der Waals surface area contributed by atoms with Crippen molar-refractivity contribution in [3.05, 3.63) is 59.4 Å². The van der Waals surface area contributed by atoms with Crippen LogP contribution >= 0.6 is 0 Å². The van der Waals surface area contributed by atoms with Gasteiger partial charge in [0.25, 0.3) is 5.91 Å². The molecule has 0 radical (unpaired) electrons. The molecule has 3 nitrogen and oxygen atoms in total. The molecule has 0 spiro atoms. The molecule has 1 aromatic carbocycles. The zero-order valence-electron chi connectivity index (χ0n) is 14.6. The quantitative estimate of drug-likeness (QED) is 0.799. The van der Waals surface area contributed by atoms with E-state index in [2.05, 4.69) is 45.1 Å². The summed E-state index contributed by atoms with van der Waals surface area (Å²) in [5.41, 5.74) is 4.62. The second kappa shape index (κ2) is 7.91. The highest BCUT2D eigenvalue weighted by Crippen LogP contribution is 2.21. The molecule has 0 saturated heterocycles. The number of aromatic nitrogens is 1. The van der Waals surface area contributed by atoms with Crippen LogP contribution in [0.4, 0.5) is 5.69 Å². The normalized spacial score (nSPS) is 10.8. The lowest BCUT2D eigenvalue weighted by atomic mass is 9.95. The summed E-state index contributed by atoms with van der Waals surface area (Å²) in [5.74, 6) is 0.600. The maximum atomic E-state index is 12.2. The number of rotatable bonds is 6. The standard InChI is InChI=1S/C20H26N2O/c1-5-17(6-2)18-9-11-22(12-10-18)14-20(23)21-19-8-7-15(3)16(4)13-19/h7-13,17H,5-6,14H2,1-4H3/p+1. The summed E-state index contributed by atoms with van der Waals surface area (Å²) < 4.78 is 1.92. The van der Waals surface area contributed by atoms with Gasteiger partial charge in [0.15, 0.2) is 12.4 Å². The van der Waals surface area contributed by atoms with E-state index in [-0.39, 0.29) is 5.91 Å². The number of nitrogens with zero attached hydrogens (tertiary/aromatic N) is 1. The van der Waals surface area contributed by atoms with Gasteiger partial charge in [0.05, 0.1) is 0 Å². The molecular weight excluding hydrogens is 284 g/mol. The van der Waals surface area contributed by atoms with Crippen LogP contribution in [0.3, 0.4) is 0 Å². The number of carbonyl (C=O) groups is 1. The van der Waals surface area contributed by atoms with Crippen molar-refractivity contribution in [3.63, 3.8) is 0 Å². The van der Waals surface area contributed by atoms with Crippen molar-refractivity contribution >= 4 is 11.6 Å². The van der Waals surface area contributed by atoms with Crippen LogP contribution < -0.4 is 9.88 Å². The SMILES string of the molecule is CCC(CC)c1cc[n+](CC(=O)Nc2ccc(C)c(C)c2)cc1. The lowest BCUT2D eigenvalue weighted by Crippen LogP contribution is -2.39. The fourth-order valence-electron chi connectivity index (χ4n) is 2.79. The van der Waals surface area contributed by atoms with Crippen LogP contribution in [0.25, 0.3) is 0 Å². The number of anilines is 1. The van der Waals surface area contributed by atoms with Crippen molar-refractivity contribution < 1.29 is 9.36 Å². The van der Waals surface area contributed by atoms with E-state index in [0.29, 0.717) is 12.5 Å². The summed E-state index contributed by atoms with van der Waals surface area (Å²) >= 11 is 0. The minimum atomic E-state index is -0.00599. The Morgan fingerprint density at radius 3 is 2.26 bits per heavy atom. The molecule has 2 rings (SSSR count). The predicted octanol–water partition coefficient (Wildman–Crippen LogP) is 4.13. The molecule has 1 N–H and O–H groups in total. The Morgan fingerprint density at radius 1 is 1.04 bits per heavy atom. The zero-order valence-corrected chi connectivity index (χ0v) is 14.6. The maximum Gasteiger partial charge on any atom is 0.290 e. The van der Waals surface area contributed by atoms with Gasteiger partial charge in [0, 0.05) is 17.8 Å². The second-order valence-electron chi connectivity index (χ2n) is 6.16. The van der Waals surface area contributed by atoms with Gasteiger partial charge in [-0.1, -0.05) is 19.9 Å². The molecule has 0 aliphatic heterocycles. The van der Waals surface area contributed by atoms with Gasteiger partial charge in [-0.15, -0.1) is 0 Å². The van der Waals surface area contributed by atoms with Crippen LogP contribution in [0.5, 0.6) is 0 Å². The first-order valence-corrected chi connectivity index (χ1v) is 8.39. The van der Waals surface area contributed by atoms with E-state index in [4.69, 9.17) is 0 Å². The van der Waals surface area contributed by atoms with Crippen molar-refractivity contribution in [1.29, 1.82) is 0 Å². The minimum Gasteiger partial charge on any atom is -0.321 e. The topological polar surface area (TPSA) is 33.0 Å². The smallest absolute Gasteiger partial charge is 0.290 e. The molecule has 1 amide bonds. The van der Waals surface area contributed by atoms with Gasteiger partial charge < -0.3 is 5.32 Å². The first kappa shape index (κ1) is 17.2. The van der Waals surface area contributed by atoms with Gasteiger partial charge in [0.1, 0.15) is 0 Å². The van der Waals surface area contributed by atoms with E-state index in [1.807, 2.05) is 35.2 Å². The Bertz CT molecular complexity index is 658. The molecule has 0 aliphatic carbocycles. The van der Waals surface area contributed by atoms with Gasteiger partial charge in [-0.25, -0.2) is 0 Å². The number of hydrogen-bond donors (Lipinski definition) is 1. The highest BCUT2D eigenvalue weighted by atomic mass is 16.1. The number of aryl methyl sites for hydroxylation is 2. The van der Waals surface area contributed by atoms with Gasteiger partial charge in [-0.05, 0) is 61.4 Å². The average molecular weight is 311 g/mol. The Labute approximate surface area is 139 Å². The van der Waals surface area contributed by atoms with Crippen LogP contribution in [0.2, 0.25) is 0 Å². The zero-order chi connectivity index (χ0) is 16.8. The van der Waals surface area contributed by atoms with Crippen molar-refractivity contribution in [1.82, 2.24) is 0 Å². The lowest BCUT2D eigenvalue weighted by molar-refractivity contribution is -0.684. The number of carbonyl (C=O) groups excluding carboxylic acids is 1. The van der Waals surface area contributed by atoms with E-state index in [0.717, 1.165) is 18.5 Å². The number of hydrogen-bond acceptors (Lipinski definition) is 1. The first-order valence-electron chi connectivity index (χ1n) is 8.39. The van der Waals surface area contributed by atoms with Gasteiger partial charge >= 0.3 is 0 Å². The van der Waals surface area contributed by atoms with E-state index < -0.39 is 0 Å². The van der Waals surface area contributed by atoms with Crippen molar-refractivity contribution in [2.24, 2.45) is 0 Å². The van der Waals surface area contributed by atoms with Crippen LogP contribution in [-0.4, -0.2) is 5.91 Å². The van der Waals surface area contributed by atoms with Crippen molar-refractivity contribution in [2.75, 3.05) is 5.32 Å². The lowest BCUT2D eigenvalue weighted by Gasteiger charge is -2.11. The van der Waals surface area contributed by atoms with E-state index in [1.165, 1.54) is 16.7 Å². The fourth-order valence-corrected chi connectivity index (χ4v) is 2.79. The maximum absolute atomic E-state index is 12.2. The van der Waals surface area contributed by atoms with Crippen LogP contribution in [-0.2, 0) is 11.3 Å². The Morgan fingerprint density at radius 2 is 1.70 bits per heavy atom. The summed E-state index contributed by atoms with van der Waals surface area (Å²) in [6.07, 6.45) is 6.28. The van der Waals surface area contributed by atoms with Gasteiger partial charge in [-0.2, -0.15) is 4.57 Å². The molecule has 0 atom stereocenters. The first-order chi connectivity index (χ1) is 11.0. The molecule has 23 heavy (non-hydrogen) atoms. The van der Waals surface area contributed by atoms with E-state index >= 15 is 0 Å². The predicted molar refractivity (Wildman–Crippen MR) is 94.5 cm³/mol. The minimum absolute atomic E-state index is 0.00599. The third-order valence-corrected chi connectivity index (χ3v) is 4.49. The Balaban J connectivity index is 1.98. The van der Waals surface area contributed by atoms with Crippen molar-refractivity contribution in [2.45, 2.75) is 53.0 Å². The van der Waals surface area contributed by atoms with E-state index in [9.17, 15) is 4.79 Å².